The molecule has 1 heterocycles. The Morgan fingerprint density at radius 1 is 0.886 bits per heavy atom. The van der Waals surface area contributed by atoms with Crippen LogP contribution in [0.1, 0.15) is 41.6 Å². The van der Waals surface area contributed by atoms with Crippen molar-refractivity contribution in [3.63, 3.8) is 0 Å². The first kappa shape index (κ1) is 31.8. The highest BCUT2D eigenvalue weighted by Gasteiger charge is 2.38. The molecule has 0 spiro atoms. The zero-order valence-corrected chi connectivity index (χ0v) is 26.0. The van der Waals surface area contributed by atoms with Gasteiger partial charge in [0.25, 0.3) is 0 Å². The summed E-state index contributed by atoms with van der Waals surface area (Å²) in [5.74, 6) is 0.0873. The third-order valence-corrected chi connectivity index (χ3v) is 9.49. The third kappa shape index (κ3) is 7.53. The molecule has 7 nitrogen and oxygen atoms in total. The lowest BCUT2D eigenvalue weighted by Crippen LogP contribution is -2.43. The molecule has 4 atom stereocenters. The van der Waals surface area contributed by atoms with Gasteiger partial charge in [-0.2, -0.15) is 0 Å². The molecule has 0 bridgehead atoms. The van der Waals surface area contributed by atoms with Crippen molar-refractivity contribution in [1.29, 1.82) is 0 Å². The van der Waals surface area contributed by atoms with Crippen LogP contribution in [-0.4, -0.2) is 44.7 Å². The summed E-state index contributed by atoms with van der Waals surface area (Å²) in [6.07, 6.45) is 1.04. The monoisotopic (exact) mass is 612 g/mol. The van der Waals surface area contributed by atoms with E-state index in [-0.39, 0.29) is 36.2 Å². The van der Waals surface area contributed by atoms with Crippen LogP contribution in [-0.2, 0) is 32.6 Å². The molecule has 1 aliphatic heterocycles. The minimum absolute atomic E-state index is 0.00353. The number of rotatable bonds is 12. The predicted octanol–water partition coefficient (Wildman–Crippen LogP) is 6.23. The minimum Gasteiger partial charge on any atom is -0.392 e. The average Bonchev–Trinajstić information content (AvgIpc) is 3.05. The number of aliphatic hydroxyl groups is 1. The Bertz CT molecular complexity index is 1630. The Morgan fingerprint density at radius 2 is 1.55 bits per heavy atom. The Labute approximate surface area is 260 Å². The van der Waals surface area contributed by atoms with Crippen molar-refractivity contribution in [3.05, 3.63) is 138 Å². The molecule has 0 radical (unpaired) electrons. The highest BCUT2D eigenvalue weighted by molar-refractivity contribution is 7.89. The molecule has 4 aromatic carbocycles. The number of hydrogen-bond donors (Lipinski definition) is 2. The van der Waals surface area contributed by atoms with Crippen LogP contribution in [0.4, 0.5) is 0 Å². The lowest BCUT2D eigenvalue weighted by Gasteiger charge is -2.42. The highest BCUT2D eigenvalue weighted by atomic mass is 32.2. The van der Waals surface area contributed by atoms with E-state index in [1.807, 2.05) is 78.9 Å². The van der Waals surface area contributed by atoms with Gasteiger partial charge in [0.15, 0.2) is 6.29 Å². The largest absolute Gasteiger partial charge is 0.392 e. The molecule has 1 fully saturated rings. The predicted molar refractivity (Wildman–Crippen MR) is 173 cm³/mol. The molecule has 44 heavy (non-hydrogen) atoms. The standard InChI is InChI=1S/C36H40N2O5S/c1-4-22-38(3)24-34-26(2)35(29-16-14-27(25-39)15-17-29)43-36(42-34)30-20-18-28(19-21-30)33-13-9-8-10-31(33)23-37-44(40,41)32-11-6-5-7-12-32/h4-21,26,34-37,39H,1,22-25H2,2-3H3/t26-,34+,35+,36+/m0/s1. The van der Waals surface area contributed by atoms with Crippen LogP contribution in [0.15, 0.2) is 121 Å². The average molecular weight is 613 g/mol. The fourth-order valence-corrected chi connectivity index (χ4v) is 6.59. The molecule has 0 aliphatic carbocycles. The first-order chi connectivity index (χ1) is 21.3. The molecule has 0 aromatic heterocycles. The van der Waals surface area contributed by atoms with Crippen molar-refractivity contribution >= 4 is 10.0 Å². The maximum atomic E-state index is 12.8. The fraction of sp³-hybridized carbons (Fsp3) is 0.278. The van der Waals surface area contributed by atoms with E-state index in [1.165, 1.54) is 0 Å². The van der Waals surface area contributed by atoms with E-state index < -0.39 is 16.3 Å². The van der Waals surface area contributed by atoms with Gasteiger partial charge in [-0.1, -0.05) is 104 Å². The summed E-state index contributed by atoms with van der Waals surface area (Å²) in [4.78, 5) is 2.43. The van der Waals surface area contributed by atoms with E-state index in [0.717, 1.165) is 46.5 Å². The summed E-state index contributed by atoms with van der Waals surface area (Å²) in [5.41, 5.74) is 5.58. The van der Waals surface area contributed by atoms with Crippen molar-refractivity contribution in [2.24, 2.45) is 5.92 Å². The summed E-state index contributed by atoms with van der Waals surface area (Å²) < 4.78 is 41.6. The summed E-state index contributed by atoms with van der Waals surface area (Å²) in [6.45, 7) is 7.66. The van der Waals surface area contributed by atoms with Crippen molar-refractivity contribution in [3.8, 4) is 11.1 Å². The van der Waals surface area contributed by atoms with Crippen LogP contribution in [0, 0.1) is 5.92 Å². The van der Waals surface area contributed by atoms with Gasteiger partial charge in [-0.3, -0.25) is 0 Å². The van der Waals surface area contributed by atoms with Gasteiger partial charge < -0.3 is 19.5 Å². The van der Waals surface area contributed by atoms with Gasteiger partial charge in [0.1, 0.15) is 0 Å². The van der Waals surface area contributed by atoms with Gasteiger partial charge >= 0.3 is 0 Å². The molecule has 0 amide bonds. The fourth-order valence-electron chi connectivity index (χ4n) is 5.56. The second-order valence-corrected chi connectivity index (χ2v) is 13.0. The van der Waals surface area contributed by atoms with Crippen molar-refractivity contribution in [1.82, 2.24) is 9.62 Å². The number of benzene rings is 4. The van der Waals surface area contributed by atoms with E-state index in [1.54, 1.807) is 30.3 Å². The number of hydrogen-bond acceptors (Lipinski definition) is 6. The summed E-state index contributed by atoms with van der Waals surface area (Å²) in [6, 6.07) is 32.1. The maximum Gasteiger partial charge on any atom is 0.240 e. The molecule has 0 saturated carbocycles. The topological polar surface area (TPSA) is 88.1 Å². The van der Waals surface area contributed by atoms with Crippen LogP contribution in [0.3, 0.4) is 0 Å². The molecule has 2 N–H and O–H groups in total. The molecule has 5 rings (SSSR count). The van der Waals surface area contributed by atoms with Crippen molar-refractivity contribution < 1.29 is 23.0 Å². The highest BCUT2D eigenvalue weighted by Crippen LogP contribution is 2.42. The molecular formula is C36H40N2O5S. The summed E-state index contributed by atoms with van der Waals surface area (Å²) >= 11 is 0. The minimum atomic E-state index is -3.64. The SMILES string of the molecule is C=CCN(C)C[C@H]1O[C@@H](c2ccc(-c3ccccc3CNS(=O)(=O)c3ccccc3)cc2)O[C@@H](c2ccc(CO)cc2)[C@H]1C. The smallest absolute Gasteiger partial charge is 0.240 e. The molecule has 1 aliphatic rings. The lowest BCUT2D eigenvalue weighted by molar-refractivity contribution is -0.275. The summed E-state index contributed by atoms with van der Waals surface area (Å²) in [7, 11) is -1.58. The van der Waals surface area contributed by atoms with Gasteiger partial charge in [0.05, 0.1) is 23.7 Å². The van der Waals surface area contributed by atoms with Crippen LogP contribution in [0.5, 0.6) is 0 Å². The number of likely N-dealkylation sites (N-methyl/N-ethyl adjacent to an activating group) is 1. The zero-order chi connectivity index (χ0) is 31.1. The molecule has 1 saturated heterocycles. The quantitative estimate of drug-likeness (QED) is 0.184. The van der Waals surface area contributed by atoms with Gasteiger partial charge in [0, 0.05) is 31.1 Å². The van der Waals surface area contributed by atoms with E-state index in [2.05, 4.69) is 30.2 Å². The normalized spacial score (nSPS) is 20.5. The van der Waals surface area contributed by atoms with Crippen molar-refractivity contribution in [2.45, 2.75) is 43.5 Å². The van der Waals surface area contributed by atoms with Crippen molar-refractivity contribution in [2.75, 3.05) is 20.1 Å². The van der Waals surface area contributed by atoms with Crippen LogP contribution in [0.2, 0.25) is 0 Å². The van der Waals surface area contributed by atoms with Gasteiger partial charge in [-0.15, -0.1) is 6.58 Å². The van der Waals surface area contributed by atoms with E-state index >= 15 is 0 Å². The number of nitrogens with one attached hydrogen (secondary N) is 1. The number of nitrogens with zero attached hydrogens (tertiary/aromatic N) is 1. The van der Waals surface area contributed by atoms with Crippen LogP contribution in [0.25, 0.3) is 11.1 Å². The third-order valence-electron chi connectivity index (χ3n) is 8.07. The van der Waals surface area contributed by atoms with Gasteiger partial charge in [-0.05, 0) is 47.0 Å². The maximum absolute atomic E-state index is 12.8. The molecule has 0 unspecified atom stereocenters. The Morgan fingerprint density at radius 3 is 2.23 bits per heavy atom. The number of aliphatic hydroxyl groups excluding tert-OH is 1. The van der Waals surface area contributed by atoms with E-state index in [9.17, 15) is 13.5 Å². The lowest BCUT2D eigenvalue weighted by atomic mass is 9.90. The Balaban J connectivity index is 1.37. The van der Waals surface area contributed by atoms with E-state index in [4.69, 9.17) is 9.47 Å². The molecule has 4 aromatic rings. The first-order valence-electron chi connectivity index (χ1n) is 14.8. The van der Waals surface area contributed by atoms with Crippen LogP contribution >= 0.6 is 0 Å². The first-order valence-corrected chi connectivity index (χ1v) is 16.3. The second-order valence-electron chi connectivity index (χ2n) is 11.2. The Kier molecular flexibility index (Phi) is 10.4. The molecule has 8 heteroatoms. The Hall–Kier alpha value is -3.63. The molecular weight excluding hydrogens is 572 g/mol. The molecule has 230 valence electrons. The second kappa shape index (κ2) is 14.4. The van der Waals surface area contributed by atoms with Crippen LogP contribution < -0.4 is 4.72 Å². The van der Waals surface area contributed by atoms with E-state index in [0.29, 0.717) is 0 Å². The summed E-state index contributed by atoms with van der Waals surface area (Å²) in [5, 5.41) is 9.51. The zero-order valence-electron chi connectivity index (χ0n) is 25.2. The van der Waals surface area contributed by atoms with Gasteiger partial charge in [-0.25, -0.2) is 13.1 Å². The number of sulfonamides is 1. The number of ether oxygens (including phenoxy) is 2. The van der Waals surface area contributed by atoms with Gasteiger partial charge in [0.2, 0.25) is 10.0 Å².